The second kappa shape index (κ2) is 16.1. The highest BCUT2D eigenvalue weighted by Gasteiger charge is 2.32. The summed E-state index contributed by atoms with van der Waals surface area (Å²) in [7, 11) is 4.91. The number of ether oxygens (including phenoxy) is 3. The molecule has 0 radical (unpaired) electrons. The van der Waals surface area contributed by atoms with Crippen molar-refractivity contribution in [2.75, 3.05) is 77.9 Å². The van der Waals surface area contributed by atoms with Crippen LogP contribution in [-0.4, -0.2) is 96.5 Å². The molecule has 1 fully saturated rings. The van der Waals surface area contributed by atoms with Crippen molar-refractivity contribution in [2.45, 2.75) is 31.2 Å². The number of halogens is 4. The lowest BCUT2D eigenvalue weighted by molar-refractivity contribution is -0.126. The number of thiophene rings is 1. The lowest BCUT2D eigenvalue weighted by Crippen LogP contribution is -2.46. The van der Waals surface area contributed by atoms with Gasteiger partial charge in [0.25, 0.3) is 5.91 Å². The zero-order valence-electron chi connectivity index (χ0n) is 25.5. The molecule has 0 aliphatic carbocycles. The second-order valence-electron chi connectivity index (χ2n) is 10.6. The third-order valence-corrected chi connectivity index (χ3v) is 8.49. The average molecular weight is 651 g/mol. The number of para-hydroxylation sites is 1. The maximum absolute atomic E-state index is 14.8. The molecule has 1 aliphatic rings. The van der Waals surface area contributed by atoms with E-state index in [-0.39, 0.29) is 29.4 Å². The Labute approximate surface area is 264 Å². The maximum Gasteiger partial charge on any atom is 0.393 e. The van der Waals surface area contributed by atoms with Gasteiger partial charge in [0, 0.05) is 26.7 Å². The number of benzene rings is 2. The lowest BCUT2D eigenvalue weighted by atomic mass is 10.0. The monoisotopic (exact) mass is 650 g/mol. The van der Waals surface area contributed by atoms with Crippen molar-refractivity contribution >= 4 is 38.7 Å². The van der Waals surface area contributed by atoms with Gasteiger partial charge in [0.1, 0.15) is 11.9 Å². The van der Waals surface area contributed by atoms with Gasteiger partial charge < -0.3 is 35.1 Å². The van der Waals surface area contributed by atoms with Crippen LogP contribution in [-0.2, 0) is 15.9 Å². The zero-order chi connectivity index (χ0) is 32.4. The molecule has 2 unspecified atom stereocenters. The molecule has 3 aromatic rings. The predicted molar refractivity (Wildman–Crippen MR) is 169 cm³/mol. The molecule has 8 nitrogen and oxygen atoms in total. The van der Waals surface area contributed by atoms with Crippen molar-refractivity contribution < 1.29 is 36.6 Å². The third kappa shape index (κ3) is 9.46. The highest BCUT2D eigenvalue weighted by Crippen LogP contribution is 2.39. The van der Waals surface area contributed by atoms with Crippen LogP contribution in [0.15, 0.2) is 36.4 Å². The van der Waals surface area contributed by atoms with Crippen molar-refractivity contribution in [2.24, 2.45) is 0 Å². The smallest absolute Gasteiger partial charge is 0.393 e. The summed E-state index contributed by atoms with van der Waals surface area (Å²) in [6.07, 6.45) is -6.10. The minimum Gasteiger partial charge on any atom is -0.495 e. The van der Waals surface area contributed by atoms with Crippen molar-refractivity contribution in [1.82, 2.24) is 10.2 Å². The van der Waals surface area contributed by atoms with E-state index in [9.17, 15) is 22.4 Å². The van der Waals surface area contributed by atoms with Gasteiger partial charge in [-0.2, -0.15) is 13.2 Å². The number of carbonyl (C=O) groups is 1. The molecule has 4 rings (SSSR count). The fourth-order valence-electron chi connectivity index (χ4n) is 5.09. The summed E-state index contributed by atoms with van der Waals surface area (Å²) < 4.78 is 72.1. The number of likely N-dealkylation sites (tertiary alicyclic amines) is 1. The Morgan fingerprint density at radius 2 is 1.93 bits per heavy atom. The van der Waals surface area contributed by atoms with E-state index in [2.05, 4.69) is 27.8 Å². The molecule has 1 amide bonds. The number of fused-ring (bicyclic) bond motifs is 1. The number of carbonyl (C=O) groups excluding carboxylic acids is 1. The van der Waals surface area contributed by atoms with Crippen LogP contribution in [0.2, 0.25) is 0 Å². The minimum atomic E-state index is -4.45. The van der Waals surface area contributed by atoms with E-state index in [1.807, 2.05) is 11.9 Å². The summed E-state index contributed by atoms with van der Waals surface area (Å²) in [5.74, 6) is 5.89. The van der Waals surface area contributed by atoms with Gasteiger partial charge in [-0.1, -0.05) is 30.0 Å². The van der Waals surface area contributed by atoms with Gasteiger partial charge in [0.05, 0.1) is 72.5 Å². The Morgan fingerprint density at radius 3 is 2.67 bits per heavy atom. The number of anilines is 2. The van der Waals surface area contributed by atoms with Gasteiger partial charge in [-0.05, 0) is 42.6 Å². The number of piperidine rings is 1. The average Bonchev–Trinajstić information content (AvgIpc) is 3.34. The van der Waals surface area contributed by atoms with Gasteiger partial charge in [-0.15, -0.1) is 11.3 Å². The highest BCUT2D eigenvalue weighted by molar-refractivity contribution is 7.20. The summed E-state index contributed by atoms with van der Waals surface area (Å²) >= 11 is 1.15. The first-order chi connectivity index (χ1) is 21.6. The summed E-state index contributed by atoms with van der Waals surface area (Å²) in [6, 6.07) is 9.66. The number of rotatable bonds is 13. The molecule has 1 aromatic heterocycles. The molecule has 2 aromatic carbocycles. The van der Waals surface area contributed by atoms with Crippen LogP contribution >= 0.6 is 11.3 Å². The Kier molecular flexibility index (Phi) is 12.3. The molecule has 45 heavy (non-hydrogen) atoms. The summed E-state index contributed by atoms with van der Waals surface area (Å²) in [5, 5.41) is 9.58. The third-order valence-electron chi connectivity index (χ3n) is 7.29. The first-order valence-corrected chi connectivity index (χ1v) is 15.4. The van der Waals surface area contributed by atoms with E-state index < -0.39 is 24.8 Å². The van der Waals surface area contributed by atoms with Gasteiger partial charge in [-0.3, -0.25) is 4.79 Å². The van der Waals surface area contributed by atoms with E-state index in [4.69, 9.17) is 14.2 Å². The molecular formula is C32H38F4N4O4S. The lowest BCUT2D eigenvalue weighted by Gasteiger charge is -2.33. The number of hydrogen-bond donors (Lipinski definition) is 3. The summed E-state index contributed by atoms with van der Waals surface area (Å²) in [6.45, 7) is 2.51. The minimum absolute atomic E-state index is 0.0325. The predicted octanol–water partition coefficient (Wildman–Crippen LogP) is 5.33. The number of hydrogen-bond acceptors (Lipinski definition) is 8. The number of amides is 1. The van der Waals surface area contributed by atoms with Crippen LogP contribution in [0.4, 0.5) is 28.9 Å². The molecule has 1 aliphatic heterocycles. The molecular weight excluding hydrogens is 612 g/mol. The van der Waals surface area contributed by atoms with Crippen molar-refractivity contribution in [1.29, 1.82) is 0 Å². The molecule has 2 atom stereocenters. The quantitative estimate of drug-likeness (QED) is 0.131. The Hall–Kier alpha value is -3.57. The topological polar surface area (TPSA) is 84.1 Å². The first kappa shape index (κ1) is 34.3. The van der Waals surface area contributed by atoms with Crippen LogP contribution in [0, 0.1) is 11.8 Å². The molecule has 0 saturated carbocycles. The Balaban J connectivity index is 1.53. The largest absolute Gasteiger partial charge is 0.495 e. The van der Waals surface area contributed by atoms with Crippen LogP contribution in [0.5, 0.6) is 5.75 Å². The molecule has 2 heterocycles. The van der Waals surface area contributed by atoms with Gasteiger partial charge in [0.15, 0.2) is 0 Å². The van der Waals surface area contributed by atoms with Crippen molar-refractivity contribution in [3.8, 4) is 17.6 Å². The fraction of sp³-hybridized carbons (Fsp3) is 0.469. The Bertz CT molecular complexity index is 1500. The number of alkyl halides is 4. The summed E-state index contributed by atoms with van der Waals surface area (Å²) in [5.41, 5.74) is 1.41. The molecule has 0 spiro atoms. The first-order valence-electron chi connectivity index (χ1n) is 14.6. The number of nitrogens with zero attached hydrogens (tertiary/aromatic N) is 1. The molecule has 1 saturated heterocycles. The maximum atomic E-state index is 14.8. The summed E-state index contributed by atoms with van der Waals surface area (Å²) in [4.78, 5) is 15.1. The SMILES string of the molecule is COCCOCCNC(=O)c1cccc(OC)c1NCC#Cc1sc2c(NC3CCN(C)CC3F)cccc2c1CC(F)(F)F. The number of nitrogens with one attached hydrogen (secondary N) is 3. The van der Waals surface area contributed by atoms with Crippen LogP contribution in [0.1, 0.15) is 27.2 Å². The van der Waals surface area contributed by atoms with E-state index in [1.54, 1.807) is 43.5 Å². The van der Waals surface area contributed by atoms with E-state index in [1.165, 1.54) is 7.11 Å². The highest BCUT2D eigenvalue weighted by atomic mass is 32.1. The van der Waals surface area contributed by atoms with Crippen molar-refractivity contribution in [3.05, 3.63) is 52.4 Å². The van der Waals surface area contributed by atoms with Gasteiger partial charge >= 0.3 is 6.18 Å². The molecule has 13 heteroatoms. The van der Waals surface area contributed by atoms with E-state index in [0.717, 1.165) is 17.9 Å². The van der Waals surface area contributed by atoms with E-state index in [0.29, 0.717) is 65.6 Å². The molecule has 0 bridgehead atoms. The van der Waals surface area contributed by atoms with Crippen LogP contribution in [0.25, 0.3) is 10.1 Å². The molecule has 244 valence electrons. The van der Waals surface area contributed by atoms with Crippen LogP contribution in [0.3, 0.4) is 0 Å². The zero-order valence-corrected chi connectivity index (χ0v) is 26.3. The normalized spacial score (nSPS) is 17.0. The van der Waals surface area contributed by atoms with Gasteiger partial charge in [-0.25, -0.2) is 4.39 Å². The van der Waals surface area contributed by atoms with Crippen LogP contribution < -0.4 is 20.7 Å². The van der Waals surface area contributed by atoms with E-state index >= 15 is 0 Å². The second-order valence-corrected chi connectivity index (χ2v) is 11.6. The molecule has 3 N–H and O–H groups in total. The fourth-order valence-corrected chi connectivity index (χ4v) is 6.26. The van der Waals surface area contributed by atoms with Crippen molar-refractivity contribution in [3.63, 3.8) is 0 Å². The Morgan fingerprint density at radius 1 is 1.13 bits per heavy atom. The standard InChI is InChI=1S/C32H38F4N4O4S/c1-40-15-12-25(24(33)20-40)39-26-9-4-7-21-23(19-32(34,35)36)28(45-30(21)26)11-6-13-37-29-22(8-5-10-27(29)43-3)31(41)38-14-16-44-18-17-42-2/h4-5,7-10,24-25,37,39H,12-20H2,1-3H3,(H,38,41). The van der Waals surface area contributed by atoms with Gasteiger partial charge in [0.2, 0.25) is 0 Å². The number of methoxy groups -OCH3 is 2.